The Labute approximate surface area is 117 Å². The zero-order valence-electron chi connectivity index (χ0n) is 11.9. The van der Waals surface area contributed by atoms with Gasteiger partial charge in [0, 0.05) is 11.6 Å². The smallest absolute Gasteiger partial charge is 0.253 e. The number of aromatic nitrogens is 3. The van der Waals surface area contributed by atoms with Crippen LogP contribution in [0.3, 0.4) is 0 Å². The van der Waals surface area contributed by atoms with Crippen LogP contribution in [0, 0.1) is 0 Å². The van der Waals surface area contributed by atoms with Crippen molar-refractivity contribution in [1.82, 2.24) is 20.5 Å². The number of nitrogens with one attached hydrogen (secondary N) is 2. The number of hydrogen-bond acceptors (Lipinski definition) is 4. The maximum atomic E-state index is 11.9. The molecule has 0 aromatic carbocycles. The molecule has 0 saturated heterocycles. The minimum atomic E-state index is -0.190. The van der Waals surface area contributed by atoms with Crippen LogP contribution in [0.5, 0.6) is 0 Å². The van der Waals surface area contributed by atoms with Crippen LogP contribution < -0.4 is 11.1 Å². The van der Waals surface area contributed by atoms with Gasteiger partial charge in [0.2, 0.25) is 0 Å². The molecule has 0 saturated carbocycles. The summed E-state index contributed by atoms with van der Waals surface area (Å²) in [6.07, 6.45) is 1.46. The number of amides is 1. The summed E-state index contributed by atoms with van der Waals surface area (Å²) in [5, 5.41) is 9.98. The van der Waals surface area contributed by atoms with Crippen LogP contribution in [-0.4, -0.2) is 21.1 Å². The van der Waals surface area contributed by atoms with E-state index in [0.717, 1.165) is 11.4 Å². The van der Waals surface area contributed by atoms with E-state index in [0.29, 0.717) is 17.9 Å². The van der Waals surface area contributed by atoms with Gasteiger partial charge in [-0.05, 0) is 18.2 Å². The van der Waals surface area contributed by atoms with Crippen molar-refractivity contribution in [2.75, 3.05) is 5.73 Å². The van der Waals surface area contributed by atoms with Crippen LogP contribution in [0.4, 0.5) is 5.82 Å². The van der Waals surface area contributed by atoms with Crippen LogP contribution in [0.15, 0.2) is 24.4 Å². The van der Waals surface area contributed by atoms with Crippen molar-refractivity contribution >= 4 is 11.7 Å². The molecular formula is C14H19N5O. The number of carbonyl (C=O) groups is 1. The van der Waals surface area contributed by atoms with Gasteiger partial charge in [-0.1, -0.05) is 20.8 Å². The summed E-state index contributed by atoms with van der Waals surface area (Å²) in [5.74, 6) is 0.203. The molecule has 6 heteroatoms. The summed E-state index contributed by atoms with van der Waals surface area (Å²) in [5.41, 5.74) is 7.78. The van der Waals surface area contributed by atoms with E-state index in [9.17, 15) is 4.79 Å². The Hall–Kier alpha value is -2.37. The molecule has 0 radical (unpaired) electrons. The van der Waals surface area contributed by atoms with Gasteiger partial charge in [-0.3, -0.25) is 9.89 Å². The average Bonchev–Trinajstić information content (AvgIpc) is 2.85. The molecule has 0 atom stereocenters. The molecule has 4 N–H and O–H groups in total. The fraction of sp³-hybridized carbons (Fsp3) is 0.357. The summed E-state index contributed by atoms with van der Waals surface area (Å²) >= 11 is 0. The lowest BCUT2D eigenvalue weighted by Crippen LogP contribution is -2.23. The molecule has 0 bridgehead atoms. The molecule has 2 aromatic rings. The topological polar surface area (TPSA) is 96.7 Å². The molecule has 106 valence electrons. The van der Waals surface area contributed by atoms with Crippen molar-refractivity contribution < 1.29 is 4.79 Å². The van der Waals surface area contributed by atoms with Gasteiger partial charge in [-0.25, -0.2) is 4.98 Å². The third-order valence-electron chi connectivity index (χ3n) is 2.89. The summed E-state index contributed by atoms with van der Waals surface area (Å²) in [6.45, 7) is 6.66. The minimum absolute atomic E-state index is 0.0143. The third kappa shape index (κ3) is 3.34. The van der Waals surface area contributed by atoms with Crippen LogP contribution in [0.25, 0.3) is 0 Å². The SMILES string of the molecule is CC(C)(C)c1cc(CNC(=O)c2ccc(N)nc2)[nH]n1. The molecule has 2 heterocycles. The van der Waals surface area contributed by atoms with Gasteiger partial charge in [-0.15, -0.1) is 0 Å². The van der Waals surface area contributed by atoms with E-state index >= 15 is 0 Å². The van der Waals surface area contributed by atoms with Crippen LogP contribution in [0.2, 0.25) is 0 Å². The number of hydrogen-bond donors (Lipinski definition) is 3. The molecule has 20 heavy (non-hydrogen) atoms. The van der Waals surface area contributed by atoms with Crippen LogP contribution >= 0.6 is 0 Å². The van der Waals surface area contributed by atoms with E-state index in [1.807, 2.05) is 6.07 Å². The van der Waals surface area contributed by atoms with Crippen LogP contribution in [-0.2, 0) is 12.0 Å². The van der Waals surface area contributed by atoms with Crippen LogP contribution in [0.1, 0.15) is 42.5 Å². The predicted molar refractivity (Wildman–Crippen MR) is 77.1 cm³/mol. The number of pyridine rings is 1. The van der Waals surface area contributed by atoms with E-state index in [4.69, 9.17) is 5.73 Å². The normalized spacial score (nSPS) is 11.3. The Balaban J connectivity index is 1.97. The molecule has 6 nitrogen and oxygen atoms in total. The lowest BCUT2D eigenvalue weighted by atomic mass is 9.92. The molecule has 0 spiro atoms. The molecule has 0 unspecified atom stereocenters. The van der Waals surface area contributed by atoms with Crippen molar-refractivity contribution in [2.45, 2.75) is 32.7 Å². The van der Waals surface area contributed by atoms with E-state index < -0.39 is 0 Å². The fourth-order valence-electron chi connectivity index (χ4n) is 1.65. The Kier molecular flexibility index (Phi) is 3.74. The highest BCUT2D eigenvalue weighted by atomic mass is 16.1. The number of nitrogen functional groups attached to an aromatic ring is 1. The van der Waals surface area contributed by atoms with Crippen molar-refractivity contribution in [3.05, 3.63) is 41.3 Å². The number of carbonyl (C=O) groups excluding carboxylic acids is 1. The number of aromatic amines is 1. The monoisotopic (exact) mass is 273 g/mol. The van der Waals surface area contributed by atoms with Crippen molar-refractivity contribution in [1.29, 1.82) is 0 Å². The molecule has 2 aromatic heterocycles. The number of rotatable bonds is 3. The number of anilines is 1. The average molecular weight is 273 g/mol. The summed E-state index contributed by atoms with van der Waals surface area (Å²) in [7, 11) is 0. The lowest BCUT2D eigenvalue weighted by Gasteiger charge is -2.13. The molecule has 0 aliphatic rings. The second-order valence-corrected chi connectivity index (χ2v) is 5.68. The van der Waals surface area contributed by atoms with E-state index in [1.165, 1.54) is 6.20 Å². The summed E-state index contributed by atoms with van der Waals surface area (Å²) in [6, 6.07) is 5.20. The number of nitrogens with zero attached hydrogens (tertiary/aromatic N) is 2. The highest BCUT2D eigenvalue weighted by Gasteiger charge is 2.17. The fourth-order valence-corrected chi connectivity index (χ4v) is 1.65. The first-order valence-corrected chi connectivity index (χ1v) is 6.41. The number of H-pyrrole nitrogens is 1. The first kappa shape index (κ1) is 14.0. The first-order valence-electron chi connectivity index (χ1n) is 6.41. The molecule has 0 fully saturated rings. The van der Waals surface area contributed by atoms with Gasteiger partial charge in [0.05, 0.1) is 23.5 Å². The van der Waals surface area contributed by atoms with Crippen molar-refractivity contribution in [3.63, 3.8) is 0 Å². The Morgan fingerprint density at radius 2 is 2.15 bits per heavy atom. The zero-order chi connectivity index (χ0) is 14.8. The minimum Gasteiger partial charge on any atom is -0.384 e. The molecular weight excluding hydrogens is 254 g/mol. The summed E-state index contributed by atoms with van der Waals surface area (Å²) in [4.78, 5) is 15.8. The second-order valence-electron chi connectivity index (χ2n) is 5.68. The standard InChI is InChI=1S/C14H19N5O/c1-14(2,3)11-6-10(18-19-11)8-17-13(20)9-4-5-12(15)16-7-9/h4-7H,8H2,1-3H3,(H2,15,16)(H,17,20)(H,18,19). The van der Waals surface area contributed by atoms with E-state index in [-0.39, 0.29) is 11.3 Å². The van der Waals surface area contributed by atoms with Gasteiger partial charge in [0.15, 0.2) is 0 Å². The van der Waals surface area contributed by atoms with Gasteiger partial charge in [0.25, 0.3) is 5.91 Å². The Morgan fingerprint density at radius 3 is 2.70 bits per heavy atom. The maximum absolute atomic E-state index is 11.9. The van der Waals surface area contributed by atoms with Crippen molar-refractivity contribution in [3.8, 4) is 0 Å². The quantitative estimate of drug-likeness (QED) is 0.791. The number of nitrogens with two attached hydrogens (primary N) is 1. The van der Waals surface area contributed by atoms with Gasteiger partial charge in [0.1, 0.15) is 5.82 Å². The molecule has 0 aliphatic heterocycles. The van der Waals surface area contributed by atoms with Gasteiger partial charge < -0.3 is 11.1 Å². The molecule has 2 rings (SSSR count). The van der Waals surface area contributed by atoms with E-state index in [2.05, 4.69) is 41.3 Å². The highest BCUT2D eigenvalue weighted by molar-refractivity contribution is 5.93. The lowest BCUT2D eigenvalue weighted by molar-refractivity contribution is 0.0950. The Morgan fingerprint density at radius 1 is 1.40 bits per heavy atom. The molecule has 0 aliphatic carbocycles. The predicted octanol–water partition coefficient (Wildman–Crippen LogP) is 1.61. The first-order chi connectivity index (χ1) is 9.36. The zero-order valence-corrected chi connectivity index (χ0v) is 11.9. The third-order valence-corrected chi connectivity index (χ3v) is 2.89. The highest BCUT2D eigenvalue weighted by Crippen LogP contribution is 2.20. The maximum Gasteiger partial charge on any atom is 0.253 e. The van der Waals surface area contributed by atoms with Gasteiger partial charge >= 0.3 is 0 Å². The second kappa shape index (κ2) is 5.32. The molecule has 1 amide bonds. The van der Waals surface area contributed by atoms with Crippen molar-refractivity contribution in [2.24, 2.45) is 0 Å². The Bertz CT molecular complexity index is 595. The van der Waals surface area contributed by atoms with E-state index in [1.54, 1.807) is 12.1 Å². The van der Waals surface area contributed by atoms with Gasteiger partial charge in [-0.2, -0.15) is 5.10 Å². The summed E-state index contributed by atoms with van der Waals surface area (Å²) < 4.78 is 0. The largest absolute Gasteiger partial charge is 0.384 e.